The number of fused-ring (bicyclic) bond motifs is 1. The maximum Gasteiger partial charge on any atom is 0.274 e. The van der Waals surface area contributed by atoms with Gasteiger partial charge in [-0.1, -0.05) is 26.7 Å². The van der Waals surface area contributed by atoms with Crippen LogP contribution in [0.25, 0.3) is 0 Å². The smallest absolute Gasteiger partial charge is 0.274 e. The second-order valence-corrected chi connectivity index (χ2v) is 7.26. The van der Waals surface area contributed by atoms with E-state index in [0.717, 1.165) is 43.6 Å². The Bertz CT molecular complexity index is 567. The summed E-state index contributed by atoms with van der Waals surface area (Å²) in [6.07, 6.45) is 5.50. The first-order chi connectivity index (χ1) is 11.0. The van der Waals surface area contributed by atoms with Gasteiger partial charge >= 0.3 is 0 Å². The molecule has 1 aromatic heterocycles. The molecule has 2 atom stereocenters. The topological polar surface area (TPSA) is 58.2 Å². The molecule has 5 nitrogen and oxygen atoms in total. The lowest BCUT2D eigenvalue weighted by Crippen LogP contribution is -2.43. The van der Waals surface area contributed by atoms with Gasteiger partial charge in [0, 0.05) is 25.1 Å². The van der Waals surface area contributed by atoms with Gasteiger partial charge in [-0.05, 0) is 32.1 Å². The predicted octanol–water partition coefficient (Wildman–Crippen LogP) is 3.47. The quantitative estimate of drug-likeness (QED) is 0.928. The van der Waals surface area contributed by atoms with E-state index in [1.165, 1.54) is 12.8 Å². The molecule has 3 heterocycles. The summed E-state index contributed by atoms with van der Waals surface area (Å²) in [5, 5.41) is 7.37. The first-order valence-corrected chi connectivity index (χ1v) is 9.01. The highest BCUT2D eigenvalue weighted by molar-refractivity contribution is 5.94. The zero-order valence-electron chi connectivity index (χ0n) is 14.8. The molecule has 128 valence electrons. The molecule has 3 rings (SSSR count). The van der Waals surface area contributed by atoms with Gasteiger partial charge in [0.05, 0.1) is 17.9 Å². The van der Waals surface area contributed by atoms with Crippen LogP contribution < -0.4 is 0 Å². The Balaban J connectivity index is 1.76. The van der Waals surface area contributed by atoms with Crippen LogP contribution in [0.2, 0.25) is 0 Å². The van der Waals surface area contributed by atoms with Gasteiger partial charge in [0.2, 0.25) is 0 Å². The number of rotatable bonds is 3. The minimum absolute atomic E-state index is 0.0167. The largest absolute Gasteiger partial charge is 0.369 e. The Hall–Kier alpha value is -1.36. The van der Waals surface area contributed by atoms with Gasteiger partial charge in [-0.15, -0.1) is 0 Å². The molecule has 5 heteroatoms. The second kappa shape index (κ2) is 6.27. The summed E-state index contributed by atoms with van der Waals surface area (Å²) < 4.78 is 5.81. The number of likely N-dealkylation sites (tertiary alicyclic amines) is 1. The molecular weight excluding hydrogens is 290 g/mol. The van der Waals surface area contributed by atoms with Crippen LogP contribution >= 0.6 is 0 Å². The van der Waals surface area contributed by atoms with Crippen molar-refractivity contribution < 1.29 is 9.53 Å². The van der Waals surface area contributed by atoms with Gasteiger partial charge in [0.25, 0.3) is 5.91 Å². The van der Waals surface area contributed by atoms with Gasteiger partial charge in [-0.2, -0.15) is 5.10 Å². The Labute approximate surface area is 138 Å². The molecule has 0 aromatic carbocycles. The van der Waals surface area contributed by atoms with Crippen LogP contribution in [-0.4, -0.2) is 40.2 Å². The van der Waals surface area contributed by atoms with Crippen molar-refractivity contribution in [2.75, 3.05) is 13.1 Å². The molecule has 1 N–H and O–H groups in total. The summed E-state index contributed by atoms with van der Waals surface area (Å²) in [5.74, 6) is 0.0876. The number of ether oxygens (including phenoxy) is 1. The molecule has 0 aliphatic carbocycles. The molecule has 23 heavy (non-hydrogen) atoms. The third-order valence-corrected chi connectivity index (χ3v) is 6.05. The Morgan fingerprint density at radius 1 is 1.30 bits per heavy atom. The lowest BCUT2D eigenvalue weighted by atomic mass is 9.74. The van der Waals surface area contributed by atoms with Crippen molar-refractivity contribution in [3.05, 3.63) is 17.0 Å². The lowest BCUT2D eigenvalue weighted by Gasteiger charge is -2.41. The van der Waals surface area contributed by atoms with Crippen LogP contribution in [0, 0.1) is 5.41 Å². The summed E-state index contributed by atoms with van der Waals surface area (Å²) in [6.45, 7) is 10.3. The molecule has 0 unspecified atom stereocenters. The fourth-order valence-corrected chi connectivity index (χ4v) is 4.14. The maximum atomic E-state index is 12.9. The SMILES string of the molecule is CCC1(CC)CCN(C(=O)c2n[nH]c3c2C[C@H](C)O[C@@H]3C)CC1. The van der Waals surface area contributed by atoms with Crippen molar-refractivity contribution >= 4 is 5.91 Å². The van der Waals surface area contributed by atoms with Gasteiger partial charge in [0.15, 0.2) is 5.69 Å². The summed E-state index contributed by atoms with van der Waals surface area (Å²) in [4.78, 5) is 14.9. The minimum atomic E-state index is -0.0167. The average Bonchev–Trinajstić information content (AvgIpc) is 2.98. The van der Waals surface area contributed by atoms with Crippen LogP contribution in [0.5, 0.6) is 0 Å². The first kappa shape index (κ1) is 16.5. The molecule has 2 aliphatic rings. The van der Waals surface area contributed by atoms with E-state index in [1.807, 2.05) is 11.8 Å². The molecule has 1 saturated heterocycles. The molecule has 1 aromatic rings. The second-order valence-electron chi connectivity index (χ2n) is 7.26. The van der Waals surface area contributed by atoms with Crippen LogP contribution in [0.15, 0.2) is 0 Å². The molecule has 0 saturated carbocycles. The Morgan fingerprint density at radius 3 is 2.57 bits per heavy atom. The lowest BCUT2D eigenvalue weighted by molar-refractivity contribution is -0.00705. The normalized spacial score (nSPS) is 26.9. The molecule has 1 fully saturated rings. The molecule has 0 radical (unpaired) electrons. The highest BCUT2D eigenvalue weighted by Crippen LogP contribution is 2.38. The molecule has 1 amide bonds. The van der Waals surface area contributed by atoms with E-state index in [1.54, 1.807) is 0 Å². The van der Waals surface area contributed by atoms with Crippen molar-refractivity contribution in [3.63, 3.8) is 0 Å². The van der Waals surface area contributed by atoms with Gasteiger partial charge in [-0.3, -0.25) is 9.89 Å². The summed E-state index contributed by atoms with van der Waals surface area (Å²) in [5.41, 5.74) is 3.07. The highest BCUT2D eigenvalue weighted by Gasteiger charge is 2.36. The van der Waals surface area contributed by atoms with Crippen LogP contribution in [-0.2, 0) is 11.2 Å². The number of hydrogen-bond donors (Lipinski definition) is 1. The monoisotopic (exact) mass is 319 g/mol. The van der Waals surface area contributed by atoms with E-state index >= 15 is 0 Å². The zero-order chi connectivity index (χ0) is 16.6. The third-order valence-electron chi connectivity index (χ3n) is 6.05. The zero-order valence-corrected chi connectivity index (χ0v) is 14.8. The number of amides is 1. The average molecular weight is 319 g/mol. The number of nitrogens with one attached hydrogen (secondary N) is 1. The van der Waals surface area contributed by atoms with Crippen LogP contribution in [0.3, 0.4) is 0 Å². The van der Waals surface area contributed by atoms with Gasteiger partial charge < -0.3 is 9.64 Å². The van der Waals surface area contributed by atoms with Gasteiger partial charge in [-0.25, -0.2) is 0 Å². The Kier molecular flexibility index (Phi) is 4.50. The number of carbonyl (C=O) groups excluding carboxylic acids is 1. The molecular formula is C18H29N3O2. The molecule has 2 aliphatic heterocycles. The van der Waals surface area contributed by atoms with E-state index < -0.39 is 0 Å². The minimum Gasteiger partial charge on any atom is -0.369 e. The standard InChI is InChI=1S/C18H29N3O2/c1-5-18(6-2)7-9-21(10-8-18)17(22)16-14-11-12(3)23-13(4)15(14)19-20-16/h12-13H,5-11H2,1-4H3,(H,19,20)/t12-,13+/m0/s1. The van der Waals surface area contributed by atoms with E-state index in [9.17, 15) is 4.79 Å². The highest BCUT2D eigenvalue weighted by atomic mass is 16.5. The van der Waals surface area contributed by atoms with E-state index in [0.29, 0.717) is 11.1 Å². The van der Waals surface area contributed by atoms with Crippen molar-refractivity contribution in [1.29, 1.82) is 0 Å². The number of hydrogen-bond acceptors (Lipinski definition) is 3. The van der Waals surface area contributed by atoms with E-state index in [4.69, 9.17) is 4.74 Å². The van der Waals surface area contributed by atoms with Crippen LogP contribution in [0.4, 0.5) is 0 Å². The fourth-order valence-electron chi connectivity index (χ4n) is 4.14. The molecule has 0 bridgehead atoms. The summed E-state index contributed by atoms with van der Waals surface area (Å²) >= 11 is 0. The predicted molar refractivity (Wildman–Crippen MR) is 89.4 cm³/mol. The number of aromatic nitrogens is 2. The molecule has 0 spiro atoms. The Morgan fingerprint density at radius 2 is 1.96 bits per heavy atom. The number of piperidine rings is 1. The van der Waals surface area contributed by atoms with Gasteiger partial charge in [0.1, 0.15) is 0 Å². The summed E-state index contributed by atoms with van der Waals surface area (Å²) in [7, 11) is 0. The first-order valence-electron chi connectivity index (χ1n) is 9.01. The summed E-state index contributed by atoms with van der Waals surface area (Å²) in [6, 6.07) is 0. The van der Waals surface area contributed by atoms with E-state index in [-0.39, 0.29) is 18.1 Å². The van der Waals surface area contributed by atoms with Crippen molar-refractivity contribution in [1.82, 2.24) is 15.1 Å². The number of H-pyrrole nitrogens is 1. The van der Waals surface area contributed by atoms with Crippen molar-refractivity contribution in [2.45, 2.75) is 72.0 Å². The fraction of sp³-hybridized carbons (Fsp3) is 0.778. The van der Waals surface area contributed by atoms with Crippen LogP contribution in [0.1, 0.15) is 81.2 Å². The third kappa shape index (κ3) is 2.91. The van der Waals surface area contributed by atoms with Crippen molar-refractivity contribution in [2.24, 2.45) is 5.41 Å². The van der Waals surface area contributed by atoms with E-state index in [2.05, 4.69) is 31.0 Å². The number of carbonyl (C=O) groups is 1. The van der Waals surface area contributed by atoms with Crippen molar-refractivity contribution in [3.8, 4) is 0 Å². The maximum absolute atomic E-state index is 12.9. The number of aromatic amines is 1. The number of nitrogens with zero attached hydrogens (tertiary/aromatic N) is 2.